The molecule has 2 N–H and O–H groups in total. The highest BCUT2D eigenvalue weighted by molar-refractivity contribution is 7.55. The van der Waals surface area contributed by atoms with Crippen LogP contribution in [0.4, 0.5) is 22.0 Å². The molecule has 0 fully saturated rings. The topological polar surface area (TPSA) is 103 Å². The molecule has 30 heavy (non-hydrogen) atoms. The number of nitrogens with one attached hydrogen (secondary N) is 2. The summed E-state index contributed by atoms with van der Waals surface area (Å²) in [5.74, 6) is -15.7. The molecule has 14 heteroatoms. The van der Waals surface area contributed by atoms with Crippen LogP contribution in [0.15, 0.2) is 0 Å². The summed E-state index contributed by atoms with van der Waals surface area (Å²) in [6.45, 7) is 5.06. The number of halogens is 5. The van der Waals surface area contributed by atoms with Gasteiger partial charge in [0.25, 0.3) is 0 Å². The molecule has 0 aliphatic rings. The number of rotatable bonds is 10. The Morgan fingerprint density at radius 3 is 1.47 bits per heavy atom. The predicted molar refractivity (Wildman–Crippen MR) is 92.9 cm³/mol. The van der Waals surface area contributed by atoms with Gasteiger partial charge in [-0.1, -0.05) is 0 Å². The van der Waals surface area contributed by atoms with E-state index in [0.29, 0.717) is 0 Å². The van der Waals surface area contributed by atoms with Crippen LogP contribution in [-0.4, -0.2) is 37.2 Å². The molecule has 3 atom stereocenters. The molecule has 0 saturated carbocycles. The summed E-state index contributed by atoms with van der Waals surface area (Å²) in [6.07, 6.45) is 0. The first-order valence-electron chi connectivity index (χ1n) is 8.58. The van der Waals surface area contributed by atoms with E-state index in [-0.39, 0.29) is 13.2 Å². The van der Waals surface area contributed by atoms with Crippen molar-refractivity contribution in [3.63, 3.8) is 0 Å². The zero-order valence-corrected chi connectivity index (χ0v) is 17.2. The van der Waals surface area contributed by atoms with Gasteiger partial charge in [-0.15, -0.1) is 0 Å². The minimum Gasteiger partial charge on any atom is -0.465 e. The molecule has 0 amide bonds. The summed E-state index contributed by atoms with van der Waals surface area (Å²) in [7, 11) is -4.85. The van der Waals surface area contributed by atoms with E-state index in [1.165, 1.54) is 13.8 Å². The van der Waals surface area contributed by atoms with Crippen molar-refractivity contribution in [2.45, 2.75) is 39.8 Å². The molecule has 0 aliphatic carbocycles. The third-order valence-electron chi connectivity index (χ3n) is 3.40. The molecular weight excluding hydrogens is 442 g/mol. The quantitative estimate of drug-likeness (QED) is 0.180. The Balaban J connectivity index is 3.36. The number of carbonyl (C=O) groups excluding carboxylic acids is 2. The molecule has 0 spiro atoms. The lowest BCUT2D eigenvalue weighted by Crippen LogP contribution is -2.43. The Morgan fingerprint density at radius 2 is 1.13 bits per heavy atom. The van der Waals surface area contributed by atoms with Crippen LogP contribution in [0, 0.1) is 29.1 Å². The second-order valence-corrected chi connectivity index (χ2v) is 7.55. The summed E-state index contributed by atoms with van der Waals surface area (Å²) in [6, 6.07) is -2.86. The number of carbonyl (C=O) groups is 2. The predicted octanol–water partition coefficient (Wildman–Crippen LogP) is 2.95. The highest BCUT2D eigenvalue weighted by Gasteiger charge is 2.38. The minimum atomic E-state index is -4.85. The van der Waals surface area contributed by atoms with E-state index in [4.69, 9.17) is 0 Å². The second kappa shape index (κ2) is 10.7. The second-order valence-electron chi connectivity index (χ2n) is 5.75. The third kappa shape index (κ3) is 6.13. The van der Waals surface area contributed by atoms with Crippen LogP contribution in [0.25, 0.3) is 0 Å². The van der Waals surface area contributed by atoms with Crippen molar-refractivity contribution >= 4 is 19.6 Å². The van der Waals surface area contributed by atoms with Crippen molar-refractivity contribution in [2.75, 3.05) is 13.2 Å². The van der Waals surface area contributed by atoms with Crippen LogP contribution in [0.5, 0.6) is 5.75 Å². The molecule has 1 aromatic rings. The smallest absolute Gasteiger partial charge is 0.392 e. The molecule has 0 aliphatic heterocycles. The van der Waals surface area contributed by atoms with Gasteiger partial charge >= 0.3 is 19.6 Å². The SMILES string of the molecule is CCOC(=O)[C@H](C)NP(=O)(N[C@H](C)C(=O)OCC)Oc1c(F)c(F)c(F)c(F)c1F. The molecule has 0 aromatic heterocycles. The van der Waals surface area contributed by atoms with E-state index in [0.717, 1.165) is 13.8 Å². The highest BCUT2D eigenvalue weighted by Crippen LogP contribution is 2.43. The van der Waals surface area contributed by atoms with Gasteiger partial charge in [0.05, 0.1) is 13.2 Å². The van der Waals surface area contributed by atoms with Gasteiger partial charge < -0.3 is 14.0 Å². The van der Waals surface area contributed by atoms with E-state index >= 15 is 0 Å². The van der Waals surface area contributed by atoms with Crippen molar-refractivity contribution in [3.05, 3.63) is 29.1 Å². The van der Waals surface area contributed by atoms with Gasteiger partial charge in [-0.3, -0.25) is 9.59 Å². The standard InChI is InChI=1S/C16H20F5N2O6P/c1-5-27-15(24)7(3)22-30(26,23-8(4)16(25)28-6-2)29-14-12(20)10(18)9(17)11(19)13(14)21/h7-8H,5-6H2,1-4H3,(H2,22,23,26)/t7-,8+,30?. The maximum absolute atomic E-state index is 14.0. The molecule has 170 valence electrons. The normalized spacial score (nSPS) is 15.1. The van der Waals surface area contributed by atoms with Crippen LogP contribution in [0.2, 0.25) is 0 Å². The van der Waals surface area contributed by atoms with Crippen molar-refractivity contribution in [1.29, 1.82) is 0 Å². The molecule has 0 bridgehead atoms. The van der Waals surface area contributed by atoms with Gasteiger partial charge in [-0.05, 0) is 27.7 Å². The lowest BCUT2D eigenvalue weighted by molar-refractivity contribution is -0.145. The Hall–Kier alpha value is -2.24. The minimum absolute atomic E-state index is 0.0691. The van der Waals surface area contributed by atoms with Crippen LogP contribution in [-0.2, 0) is 23.6 Å². The van der Waals surface area contributed by atoms with Gasteiger partial charge in [0.15, 0.2) is 0 Å². The summed E-state index contributed by atoms with van der Waals surface area (Å²) in [5, 5.41) is 4.06. The van der Waals surface area contributed by atoms with Crippen LogP contribution < -0.4 is 14.7 Å². The summed E-state index contributed by atoms with van der Waals surface area (Å²) in [5.41, 5.74) is 0. The van der Waals surface area contributed by atoms with E-state index in [9.17, 15) is 36.1 Å². The average Bonchev–Trinajstić information content (AvgIpc) is 2.68. The summed E-state index contributed by atoms with van der Waals surface area (Å²) >= 11 is 0. The Bertz CT molecular complexity index is 797. The van der Waals surface area contributed by atoms with Crippen LogP contribution in [0.3, 0.4) is 0 Å². The summed E-state index contributed by atoms with van der Waals surface area (Å²) in [4.78, 5) is 23.6. The monoisotopic (exact) mass is 462 g/mol. The molecular formula is C16H20F5N2O6P. The molecule has 8 nitrogen and oxygen atoms in total. The first-order chi connectivity index (χ1) is 13.9. The Morgan fingerprint density at radius 1 is 0.800 bits per heavy atom. The maximum atomic E-state index is 14.0. The molecule has 0 radical (unpaired) electrons. The number of hydrogen-bond donors (Lipinski definition) is 2. The maximum Gasteiger partial charge on any atom is 0.392 e. The largest absolute Gasteiger partial charge is 0.465 e. The van der Waals surface area contributed by atoms with Crippen LogP contribution >= 0.6 is 7.67 Å². The number of ether oxygens (including phenoxy) is 2. The molecule has 0 heterocycles. The number of benzene rings is 1. The third-order valence-corrected chi connectivity index (χ3v) is 5.29. The molecule has 1 unspecified atom stereocenters. The fourth-order valence-electron chi connectivity index (χ4n) is 2.03. The van der Waals surface area contributed by atoms with Gasteiger partial charge in [-0.25, -0.2) is 27.9 Å². The average molecular weight is 462 g/mol. The first kappa shape index (κ1) is 25.8. The Labute approximate surface area is 168 Å². The number of esters is 2. The zero-order chi connectivity index (χ0) is 23.2. The van der Waals surface area contributed by atoms with Gasteiger partial charge in [-0.2, -0.15) is 8.78 Å². The fraction of sp³-hybridized carbons (Fsp3) is 0.500. The Kier molecular flexibility index (Phi) is 9.19. The highest BCUT2D eigenvalue weighted by atomic mass is 31.2. The molecule has 1 aromatic carbocycles. The molecule has 1 rings (SSSR count). The van der Waals surface area contributed by atoms with Crippen molar-refractivity contribution in [3.8, 4) is 5.75 Å². The van der Waals surface area contributed by atoms with Crippen molar-refractivity contribution in [1.82, 2.24) is 10.2 Å². The van der Waals surface area contributed by atoms with E-state index in [1.54, 1.807) is 0 Å². The van der Waals surface area contributed by atoms with Gasteiger partial charge in [0.1, 0.15) is 12.1 Å². The van der Waals surface area contributed by atoms with E-state index < -0.39 is 66.5 Å². The lowest BCUT2D eigenvalue weighted by atomic mass is 10.3. The van der Waals surface area contributed by atoms with E-state index in [2.05, 4.69) is 14.0 Å². The van der Waals surface area contributed by atoms with Gasteiger partial charge in [0, 0.05) is 0 Å². The zero-order valence-electron chi connectivity index (χ0n) is 16.4. The van der Waals surface area contributed by atoms with Gasteiger partial charge in [0.2, 0.25) is 34.8 Å². The first-order valence-corrected chi connectivity index (χ1v) is 10.2. The lowest BCUT2D eigenvalue weighted by Gasteiger charge is -2.26. The van der Waals surface area contributed by atoms with E-state index in [1.807, 2.05) is 10.2 Å². The number of hydrogen-bond acceptors (Lipinski definition) is 6. The summed E-state index contributed by atoms with van der Waals surface area (Å²) < 4.78 is 95.1. The fourth-order valence-corrected chi connectivity index (χ4v) is 3.86. The van der Waals surface area contributed by atoms with Crippen molar-refractivity contribution in [2.24, 2.45) is 0 Å². The molecule has 0 saturated heterocycles. The van der Waals surface area contributed by atoms with Crippen molar-refractivity contribution < 1.29 is 50.1 Å². The van der Waals surface area contributed by atoms with Crippen LogP contribution in [0.1, 0.15) is 27.7 Å².